The van der Waals surface area contributed by atoms with E-state index < -0.39 is 6.04 Å². The van der Waals surface area contributed by atoms with Crippen LogP contribution in [-0.2, 0) is 11.8 Å². The van der Waals surface area contributed by atoms with Crippen molar-refractivity contribution in [1.82, 2.24) is 10.3 Å². The van der Waals surface area contributed by atoms with Crippen molar-refractivity contribution in [1.29, 1.82) is 0 Å². The molecule has 2 aromatic carbocycles. The van der Waals surface area contributed by atoms with Gasteiger partial charge in [-0.1, -0.05) is 45.0 Å². The number of carbonyl (C=O) groups is 1. The van der Waals surface area contributed by atoms with Crippen LogP contribution in [0.4, 0.5) is 0 Å². The predicted octanol–water partition coefficient (Wildman–Crippen LogP) is 4.59. The zero-order chi connectivity index (χ0) is 21.9. The van der Waals surface area contributed by atoms with E-state index in [1.807, 2.05) is 62.5 Å². The van der Waals surface area contributed by atoms with Gasteiger partial charge in [-0.15, -0.1) is 0 Å². The van der Waals surface area contributed by atoms with Gasteiger partial charge in [-0.05, 0) is 55.0 Å². The van der Waals surface area contributed by atoms with E-state index in [9.17, 15) is 9.90 Å². The summed E-state index contributed by atoms with van der Waals surface area (Å²) in [5.41, 5.74) is 3.56. The fraction of sp³-hybridized carbons (Fsp3) is 0.400. The van der Waals surface area contributed by atoms with Crippen LogP contribution >= 0.6 is 0 Å². The molecule has 3 rings (SSSR count). The minimum atomic E-state index is -0.401. The molecule has 0 saturated heterocycles. The largest absolute Gasteiger partial charge is 0.490 e. The molecule has 0 bridgehead atoms. The van der Waals surface area contributed by atoms with Gasteiger partial charge in [0.05, 0.1) is 24.3 Å². The molecule has 3 N–H and O–H groups in total. The molecule has 5 heteroatoms. The lowest BCUT2D eigenvalue weighted by molar-refractivity contribution is 0.0910. The minimum Gasteiger partial charge on any atom is -0.490 e. The minimum absolute atomic E-state index is 0.0445. The van der Waals surface area contributed by atoms with Crippen LogP contribution in [0.5, 0.6) is 5.75 Å². The van der Waals surface area contributed by atoms with Crippen molar-refractivity contribution >= 4 is 16.8 Å². The lowest BCUT2D eigenvalue weighted by atomic mass is 9.86. The molecule has 0 spiro atoms. The number of aliphatic hydroxyl groups is 1. The lowest BCUT2D eigenvalue weighted by Gasteiger charge is -2.23. The third kappa shape index (κ3) is 5.03. The number of ether oxygens (including phenoxy) is 1. The Morgan fingerprint density at radius 2 is 1.90 bits per heavy atom. The number of carbonyl (C=O) groups excluding carboxylic acids is 1. The highest BCUT2D eigenvalue weighted by Gasteiger charge is 2.22. The van der Waals surface area contributed by atoms with Crippen molar-refractivity contribution < 1.29 is 14.6 Å². The second kappa shape index (κ2) is 8.92. The topological polar surface area (TPSA) is 74.3 Å². The number of amides is 1. The summed E-state index contributed by atoms with van der Waals surface area (Å²) in [5, 5.41) is 14.0. The molecular weight excluding hydrogens is 376 g/mol. The summed E-state index contributed by atoms with van der Waals surface area (Å²) in [6.45, 7) is 10.1. The highest BCUT2D eigenvalue weighted by Crippen LogP contribution is 2.29. The van der Waals surface area contributed by atoms with E-state index in [1.165, 1.54) is 0 Å². The molecule has 0 fully saturated rings. The molecule has 0 radical (unpaired) electrons. The van der Waals surface area contributed by atoms with Crippen LogP contribution in [0.2, 0.25) is 0 Å². The Kier molecular flexibility index (Phi) is 6.52. The van der Waals surface area contributed by atoms with Crippen LogP contribution in [0.3, 0.4) is 0 Å². The maximum atomic E-state index is 13.2. The molecule has 160 valence electrons. The molecule has 0 aliphatic heterocycles. The van der Waals surface area contributed by atoms with Gasteiger partial charge in [0.1, 0.15) is 5.75 Å². The maximum absolute atomic E-state index is 13.2. The fourth-order valence-corrected chi connectivity index (χ4v) is 3.52. The summed E-state index contributed by atoms with van der Waals surface area (Å²) in [6.07, 6.45) is 2.43. The molecule has 30 heavy (non-hydrogen) atoms. The van der Waals surface area contributed by atoms with E-state index in [2.05, 4.69) is 31.1 Å². The Morgan fingerprint density at radius 3 is 2.57 bits per heavy atom. The van der Waals surface area contributed by atoms with Gasteiger partial charge in [0, 0.05) is 17.1 Å². The molecule has 1 amide bonds. The van der Waals surface area contributed by atoms with Crippen LogP contribution in [0, 0.1) is 0 Å². The lowest BCUT2D eigenvalue weighted by Crippen LogP contribution is -2.39. The normalized spacial score (nSPS) is 12.9. The van der Waals surface area contributed by atoms with E-state index in [1.54, 1.807) is 0 Å². The first-order valence-electron chi connectivity index (χ1n) is 10.5. The number of H-pyrrole nitrogens is 1. The number of nitrogens with one attached hydrogen (secondary N) is 2. The Balaban J connectivity index is 1.85. The van der Waals surface area contributed by atoms with Gasteiger partial charge in [0.15, 0.2) is 0 Å². The summed E-state index contributed by atoms with van der Waals surface area (Å²) in [4.78, 5) is 16.4. The zero-order valence-corrected chi connectivity index (χ0v) is 18.5. The Labute approximate surface area is 178 Å². The first-order chi connectivity index (χ1) is 14.2. The number of hydrogen-bond acceptors (Lipinski definition) is 3. The van der Waals surface area contributed by atoms with Crippen LogP contribution in [0.15, 0.2) is 48.7 Å². The van der Waals surface area contributed by atoms with Crippen molar-refractivity contribution in [2.75, 3.05) is 6.61 Å². The Hall–Kier alpha value is -2.79. The average Bonchev–Trinajstić information content (AvgIpc) is 3.09. The van der Waals surface area contributed by atoms with E-state index in [4.69, 9.17) is 4.74 Å². The molecule has 0 saturated carbocycles. The number of aromatic nitrogens is 1. The molecule has 0 unspecified atom stereocenters. The number of rotatable bonds is 7. The maximum Gasteiger partial charge on any atom is 0.255 e. The van der Waals surface area contributed by atoms with Gasteiger partial charge < -0.3 is 20.1 Å². The number of para-hydroxylation sites is 1. The van der Waals surface area contributed by atoms with Gasteiger partial charge >= 0.3 is 0 Å². The fourth-order valence-electron chi connectivity index (χ4n) is 3.52. The number of aromatic amines is 1. The summed E-state index contributed by atoms with van der Waals surface area (Å²) in [6, 6.07) is 13.4. The number of benzene rings is 2. The molecule has 0 aliphatic rings. The zero-order valence-electron chi connectivity index (χ0n) is 18.5. The van der Waals surface area contributed by atoms with E-state index >= 15 is 0 Å². The smallest absolute Gasteiger partial charge is 0.255 e. The van der Waals surface area contributed by atoms with Crippen LogP contribution < -0.4 is 10.1 Å². The molecule has 0 aliphatic carbocycles. The average molecular weight is 409 g/mol. The monoisotopic (exact) mass is 408 g/mol. The SMILES string of the molecule is CC(C)Oc1ccc(C(C)(C)C)cc1C(=O)N[C@@H](CO)Cc1c[nH]c2ccccc12. The predicted molar refractivity (Wildman–Crippen MR) is 121 cm³/mol. The number of aliphatic hydroxyl groups excluding tert-OH is 1. The highest BCUT2D eigenvalue weighted by atomic mass is 16.5. The first-order valence-corrected chi connectivity index (χ1v) is 10.5. The van der Waals surface area contributed by atoms with E-state index in [0.29, 0.717) is 17.7 Å². The molecule has 3 aromatic rings. The highest BCUT2D eigenvalue weighted by molar-refractivity contribution is 5.97. The van der Waals surface area contributed by atoms with Crippen LogP contribution in [0.25, 0.3) is 10.9 Å². The number of fused-ring (bicyclic) bond motifs is 1. The van der Waals surface area contributed by atoms with Gasteiger partial charge in [0.25, 0.3) is 5.91 Å². The standard InChI is InChI=1S/C25H32N2O3/c1-16(2)30-23-11-10-18(25(3,4)5)13-21(23)24(29)27-19(15-28)12-17-14-26-22-9-7-6-8-20(17)22/h6-11,13-14,16,19,26,28H,12,15H2,1-5H3,(H,27,29)/t19-/m1/s1. The second-order valence-corrected chi connectivity index (χ2v) is 9.04. The van der Waals surface area contributed by atoms with Crippen molar-refractivity contribution in [2.45, 2.75) is 58.6 Å². The van der Waals surface area contributed by atoms with Crippen molar-refractivity contribution in [2.24, 2.45) is 0 Å². The first kappa shape index (κ1) is 21.9. The summed E-state index contributed by atoms with van der Waals surface area (Å²) >= 11 is 0. The molecular formula is C25H32N2O3. The number of hydrogen-bond donors (Lipinski definition) is 3. The third-order valence-corrected chi connectivity index (χ3v) is 5.15. The van der Waals surface area contributed by atoms with Crippen molar-refractivity contribution in [3.05, 3.63) is 65.4 Å². The molecule has 1 aromatic heterocycles. The summed E-state index contributed by atoms with van der Waals surface area (Å²) in [5.74, 6) is 0.315. The second-order valence-electron chi connectivity index (χ2n) is 9.04. The quantitative estimate of drug-likeness (QED) is 0.535. The van der Waals surface area contributed by atoms with Gasteiger partial charge in [-0.2, -0.15) is 0 Å². The van der Waals surface area contributed by atoms with Gasteiger partial charge in [-0.25, -0.2) is 0 Å². The molecule has 1 atom stereocenters. The van der Waals surface area contributed by atoms with Gasteiger partial charge in [0.2, 0.25) is 0 Å². The van der Waals surface area contributed by atoms with Crippen molar-refractivity contribution in [3.8, 4) is 5.75 Å². The molecule has 1 heterocycles. The van der Waals surface area contributed by atoms with Crippen LogP contribution in [-0.4, -0.2) is 34.8 Å². The van der Waals surface area contributed by atoms with Crippen molar-refractivity contribution in [3.63, 3.8) is 0 Å². The van der Waals surface area contributed by atoms with Crippen LogP contribution in [0.1, 0.15) is 56.1 Å². The summed E-state index contributed by atoms with van der Waals surface area (Å²) < 4.78 is 5.88. The third-order valence-electron chi connectivity index (χ3n) is 5.15. The summed E-state index contributed by atoms with van der Waals surface area (Å²) in [7, 11) is 0. The van der Waals surface area contributed by atoms with E-state index in [-0.39, 0.29) is 24.0 Å². The van der Waals surface area contributed by atoms with Gasteiger partial charge in [-0.3, -0.25) is 4.79 Å². The Morgan fingerprint density at radius 1 is 1.17 bits per heavy atom. The molecule has 5 nitrogen and oxygen atoms in total. The van der Waals surface area contributed by atoms with E-state index in [0.717, 1.165) is 22.0 Å². The Bertz CT molecular complexity index is 1010.